The molecule has 0 aliphatic rings. The van der Waals surface area contributed by atoms with Gasteiger partial charge in [-0.1, -0.05) is 0 Å². The minimum atomic E-state index is 0.727. The summed E-state index contributed by atoms with van der Waals surface area (Å²) in [6.07, 6.45) is 2.41. The van der Waals surface area contributed by atoms with Crippen molar-refractivity contribution in [1.82, 2.24) is 15.2 Å². The van der Waals surface area contributed by atoms with Gasteiger partial charge in [0.15, 0.2) is 0 Å². The third-order valence-corrected chi connectivity index (χ3v) is 0.785. The fourth-order valence-electron chi connectivity index (χ4n) is 0.372. The molecule has 1 N–H and O–H groups in total. The lowest BCUT2D eigenvalue weighted by Gasteiger charge is -2.03. The van der Waals surface area contributed by atoms with Crippen LogP contribution in [0.4, 0.5) is 5.95 Å². The molecule has 0 atom stereocenters. The number of aromatic amines is 1. The van der Waals surface area contributed by atoms with Crippen LogP contribution in [0.25, 0.3) is 0 Å². The first-order valence-corrected chi connectivity index (χ1v) is 2.26. The van der Waals surface area contributed by atoms with E-state index in [4.69, 9.17) is 0 Å². The largest absolute Gasteiger partial charge is 0.347 e. The summed E-state index contributed by atoms with van der Waals surface area (Å²) in [6.45, 7) is 0. The van der Waals surface area contributed by atoms with Gasteiger partial charge in [0.25, 0.3) is 0 Å². The Morgan fingerprint density at radius 1 is 1.62 bits per heavy atom. The second-order valence-electron chi connectivity index (χ2n) is 1.65. The maximum atomic E-state index is 3.75. The second-order valence-corrected chi connectivity index (χ2v) is 1.65. The smallest absolute Gasteiger partial charge is 0.222 e. The quantitative estimate of drug-likeness (QED) is 0.539. The molecule has 0 spiro atoms. The molecule has 8 heavy (non-hydrogen) atoms. The Hall–Kier alpha value is -1.06. The Morgan fingerprint density at radius 3 is 2.62 bits per heavy atom. The third kappa shape index (κ3) is 0.776. The van der Waals surface area contributed by atoms with Crippen molar-refractivity contribution >= 4 is 5.95 Å². The molecule has 0 aromatic carbocycles. The molecule has 0 unspecified atom stereocenters. The average Bonchev–Trinajstić information content (AvgIpc) is 2.12. The number of rotatable bonds is 1. The van der Waals surface area contributed by atoms with Crippen molar-refractivity contribution < 1.29 is 0 Å². The van der Waals surface area contributed by atoms with Crippen LogP contribution in [0, 0.1) is 6.33 Å². The number of hydrogen-bond acceptors (Lipinski definition) is 3. The number of aromatic nitrogens is 3. The van der Waals surface area contributed by atoms with Crippen molar-refractivity contribution in [1.29, 1.82) is 0 Å². The van der Waals surface area contributed by atoms with Crippen molar-refractivity contribution in [2.24, 2.45) is 0 Å². The maximum Gasteiger partial charge on any atom is 0.222 e. The van der Waals surface area contributed by atoms with Gasteiger partial charge in [-0.15, -0.1) is 5.10 Å². The van der Waals surface area contributed by atoms with Gasteiger partial charge in [-0.2, -0.15) is 4.98 Å². The highest BCUT2D eigenvalue weighted by atomic mass is 15.3. The van der Waals surface area contributed by atoms with E-state index in [1.165, 1.54) is 0 Å². The van der Waals surface area contributed by atoms with Crippen LogP contribution in [-0.4, -0.2) is 29.3 Å². The van der Waals surface area contributed by atoms with Crippen LogP contribution < -0.4 is 4.90 Å². The van der Waals surface area contributed by atoms with E-state index < -0.39 is 0 Å². The van der Waals surface area contributed by atoms with E-state index in [0.717, 1.165) is 5.95 Å². The Morgan fingerprint density at radius 2 is 2.38 bits per heavy atom. The van der Waals surface area contributed by atoms with Crippen LogP contribution in [0.15, 0.2) is 0 Å². The van der Waals surface area contributed by atoms with Gasteiger partial charge in [-0.3, -0.25) is 0 Å². The molecule has 1 aromatic heterocycles. The second kappa shape index (κ2) is 1.81. The molecule has 0 aliphatic carbocycles. The van der Waals surface area contributed by atoms with Gasteiger partial charge in [-0.25, -0.2) is 5.10 Å². The van der Waals surface area contributed by atoms with Crippen LogP contribution in [0.1, 0.15) is 0 Å². The van der Waals surface area contributed by atoms with Gasteiger partial charge >= 0.3 is 0 Å². The van der Waals surface area contributed by atoms with Crippen LogP contribution in [-0.2, 0) is 0 Å². The number of H-pyrrole nitrogens is 1. The van der Waals surface area contributed by atoms with E-state index in [1.54, 1.807) is 0 Å². The average molecular weight is 111 g/mol. The van der Waals surface area contributed by atoms with Crippen LogP contribution >= 0.6 is 0 Å². The van der Waals surface area contributed by atoms with Crippen molar-refractivity contribution in [2.45, 2.75) is 0 Å². The predicted octanol–water partition coefficient (Wildman–Crippen LogP) is -0.329. The van der Waals surface area contributed by atoms with Gasteiger partial charge < -0.3 is 4.90 Å². The summed E-state index contributed by atoms with van der Waals surface area (Å²) in [6, 6.07) is 0. The molecule has 0 saturated carbocycles. The van der Waals surface area contributed by atoms with Crippen molar-refractivity contribution in [3.63, 3.8) is 0 Å². The highest BCUT2D eigenvalue weighted by molar-refractivity contribution is 5.22. The Kier molecular flexibility index (Phi) is 1.15. The highest BCUT2D eigenvalue weighted by Gasteiger charge is 1.93. The molecule has 0 amide bonds. The highest BCUT2D eigenvalue weighted by Crippen LogP contribution is 1.94. The lowest BCUT2D eigenvalue weighted by atomic mass is 10.8. The number of anilines is 1. The number of hydrogen-bond donors (Lipinski definition) is 1. The number of nitrogens with zero attached hydrogens (tertiary/aromatic N) is 3. The third-order valence-electron chi connectivity index (χ3n) is 0.785. The normalized spacial score (nSPS) is 9.25. The summed E-state index contributed by atoms with van der Waals surface area (Å²) in [4.78, 5) is 5.57. The summed E-state index contributed by atoms with van der Waals surface area (Å²) >= 11 is 0. The van der Waals surface area contributed by atoms with Crippen LogP contribution in [0.3, 0.4) is 0 Å². The van der Waals surface area contributed by atoms with E-state index in [0.29, 0.717) is 0 Å². The van der Waals surface area contributed by atoms with Gasteiger partial charge in [0, 0.05) is 14.1 Å². The van der Waals surface area contributed by atoms with Crippen LogP contribution in [0.2, 0.25) is 0 Å². The molecule has 0 bridgehead atoms. The molecular weight excluding hydrogens is 104 g/mol. The lowest BCUT2D eigenvalue weighted by Crippen LogP contribution is -2.09. The first kappa shape index (κ1) is 5.08. The molecule has 1 aromatic rings. The molecule has 4 nitrogen and oxygen atoms in total. The van der Waals surface area contributed by atoms with Crippen molar-refractivity contribution in [3.05, 3.63) is 6.33 Å². The zero-order valence-electron chi connectivity index (χ0n) is 4.84. The summed E-state index contributed by atoms with van der Waals surface area (Å²) in [5.41, 5.74) is 0. The van der Waals surface area contributed by atoms with E-state index in [9.17, 15) is 0 Å². The molecule has 0 aliphatic heterocycles. The SMILES string of the molecule is CN(C)c1n[c]n[nH]1. The monoisotopic (exact) mass is 111 g/mol. The zero-order chi connectivity index (χ0) is 5.98. The minimum absolute atomic E-state index is 0.727. The first-order valence-electron chi connectivity index (χ1n) is 2.26. The van der Waals surface area contributed by atoms with E-state index in [1.807, 2.05) is 19.0 Å². The molecule has 1 radical (unpaired) electrons. The number of nitrogens with one attached hydrogen (secondary N) is 1. The summed E-state index contributed by atoms with van der Waals surface area (Å²) < 4.78 is 0. The van der Waals surface area contributed by atoms with E-state index in [-0.39, 0.29) is 0 Å². The molecule has 43 valence electrons. The molecule has 1 heterocycles. The Labute approximate surface area is 47.5 Å². The standard InChI is InChI=1S/C4H7N4/c1-8(2)4-5-3-6-7-4/h1-2H3,(H,5,6,7). The van der Waals surface area contributed by atoms with Crippen LogP contribution in [0.5, 0.6) is 0 Å². The topological polar surface area (TPSA) is 44.8 Å². The Balaban J connectivity index is 2.77. The maximum absolute atomic E-state index is 3.75. The fraction of sp³-hybridized carbons (Fsp3) is 0.500. The Bertz CT molecular complexity index is 143. The fourth-order valence-corrected chi connectivity index (χ4v) is 0.372. The predicted molar refractivity (Wildman–Crippen MR) is 29.5 cm³/mol. The van der Waals surface area contributed by atoms with Gasteiger partial charge in [0.2, 0.25) is 12.3 Å². The molecule has 1 rings (SSSR count). The van der Waals surface area contributed by atoms with Gasteiger partial charge in [0.05, 0.1) is 0 Å². The zero-order valence-corrected chi connectivity index (χ0v) is 4.84. The minimum Gasteiger partial charge on any atom is -0.347 e. The van der Waals surface area contributed by atoms with Gasteiger partial charge in [0.1, 0.15) is 0 Å². The summed E-state index contributed by atoms with van der Waals surface area (Å²) in [5, 5.41) is 6.19. The first-order chi connectivity index (χ1) is 3.80. The summed E-state index contributed by atoms with van der Waals surface area (Å²) in [7, 11) is 3.77. The van der Waals surface area contributed by atoms with Crippen molar-refractivity contribution in [2.75, 3.05) is 19.0 Å². The molecule has 0 saturated heterocycles. The lowest BCUT2D eigenvalue weighted by molar-refractivity contribution is 0.998. The molecule has 4 heteroatoms. The molecule has 0 fully saturated rings. The van der Waals surface area contributed by atoms with E-state index in [2.05, 4.69) is 21.5 Å². The van der Waals surface area contributed by atoms with E-state index >= 15 is 0 Å². The summed E-state index contributed by atoms with van der Waals surface area (Å²) in [5.74, 6) is 0.727. The van der Waals surface area contributed by atoms with Crippen molar-refractivity contribution in [3.8, 4) is 0 Å². The molecular formula is C4H7N4. The van der Waals surface area contributed by atoms with Gasteiger partial charge in [-0.05, 0) is 0 Å².